The van der Waals surface area contributed by atoms with Gasteiger partial charge in [-0.25, -0.2) is 8.96 Å². The fourth-order valence-electron chi connectivity index (χ4n) is 4.78. The van der Waals surface area contributed by atoms with Crippen LogP contribution in [0.4, 0.5) is 4.39 Å². The van der Waals surface area contributed by atoms with Crippen LogP contribution < -0.4 is 4.57 Å². The van der Waals surface area contributed by atoms with Crippen LogP contribution in [0.25, 0.3) is 39.3 Å². The van der Waals surface area contributed by atoms with Crippen LogP contribution in [0.15, 0.2) is 103 Å². The van der Waals surface area contributed by atoms with Gasteiger partial charge in [0.25, 0.3) is 5.82 Å². The molecule has 2 nitrogen and oxygen atoms in total. The first kappa shape index (κ1) is 22.8. The second-order valence-corrected chi connectivity index (χ2v) is 9.41. The molecule has 0 atom stereocenters. The molecule has 0 aliphatic heterocycles. The maximum Gasteiger partial charge on any atom is 0.294 e. The molecule has 1 aromatic heterocycles. The SMILES string of the molecule is Cc1cc(F)ccc1-c1n(-c2c(-c3ccccc3)cc(C(C)C)cc2-c2ccccc2)cc[n+]1C. The summed E-state index contributed by atoms with van der Waals surface area (Å²) in [6.45, 7) is 6.44. The van der Waals surface area contributed by atoms with E-state index in [2.05, 4.69) is 108 Å². The van der Waals surface area contributed by atoms with Crippen LogP contribution in [0, 0.1) is 12.7 Å². The van der Waals surface area contributed by atoms with Crippen molar-refractivity contribution < 1.29 is 8.96 Å². The Morgan fingerprint density at radius 2 is 1.31 bits per heavy atom. The second kappa shape index (κ2) is 9.34. The van der Waals surface area contributed by atoms with Crippen molar-refractivity contribution in [3.63, 3.8) is 0 Å². The number of aryl methyl sites for hydroxylation is 2. The molecule has 0 unspecified atom stereocenters. The van der Waals surface area contributed by atoms with Crippen molar-refractivity contribution in [2.24, 2.45) is 7.05 Å². The van der Waals surface area contributed by atoms with Crippen molar-refractivity contribution in [3.05, 3.63) is 120 Å². The third-order valence-electron chi connectivity index (χ3n) is 6.64. The molecule has 5 aromatic rings. The van der Waals surface area contributed by atoms with Crippen LogP contribution in [-0.2, 0) is 7.05 Å². The maximum atomic E-state index is 14.0. The normalized spacial score (nSPS) is 11.3. The van der Waals surface area contributed by atoms with Gasteiger partial charge in [-0.05, 0) is 65.4 Å². The molecule has 0 amide bonds. The Hall–Kier alpha value is -3.98. The molecule has 0 N–H and O–H groups in total. The summed E-state index contributed by atoms with van der Waals surface area (Å²) >= 11 is 0. The highest BCUT2D eigenvalue weighted by Gasteiger charge is 2.27. The van der Waals surface area contributed by atoms with Crippen LogP contribution in [0.5, 0.6) is 0 Å². The summed E-state index contributed by atoms with van der Waals surface area (Å²) in [7, 11) is 2.04. The van der Waals surface area contributed by atoms with Gasteiger partial charge in [-0.2, -0.15) is 4.57 Å². The van der Waals surface area contributed by atoms with E-state index in [1.54, 1.807) is 6.07 Å². The van der Waals surface area contributed by atoms with E-state index in [1.807, 2.05) is 20.0 Å². The summed E-state index contributed by atoms with van der Waals surface area (Å²) in [5.74, 6) is 1.17. The summed E-state index contributed by atoms with van der Waals surface area (Å²) in [6, 6.07) is 30.8. The minimum Gasteiger partial charge on any atom is -0.232 e. The molecule has 4 aromatic carbocycles. The average Bonchev–Trinajstić information content (AvgIpc) is 3.25. The van der Waals surface area contributed by atoms with Gasteiger partial charge in [-0.1, -0.05) is 74.5 Å². The highest BCUT2D eigenvalue weighted by molar-refractivity contribution is 5.87. The zero-order valence-corrected chi connectivity index (χ0v) is 20.7. The van der Waals surface area contributed by atoms with Gasteiger partial charge in [-0.3, -0.25) is 0 Å². The third-order valence-corrected chi connectivity index (χ3v) is 6.64. The fraction of sp³-hybridized carbons (Fsp3) is 0.156. The summed E-state index contributed by atoms with van der Waals surface area (Å²) in [6.07, 6.45) is 4.18. The molecule has 5 rings (SSSR count). The number of rotatable bonds is 5. The molecule has 0 fully saturated rings. The van der Waals surface area contributed by atoms with E-state index in [9.17, 15) is 4.39 Å². The first-order chi connectivity index (χ1) is 16.9. The Morgan fingerprint density at radius 1 is 0.743 bits per heavy atom. The molecule has 0 aliphatic carbocycles. The zero-order chi connectivity index (χ0) is 24.5. The third kappa shape index (κ3) is 4.30. The average molecular weight is 462 g/mol. The summed E-state index contributed by atoms with van der Waals surface area (Å²) in [4.78, 5) is 0. The summed E-state index contributed by atoms with van der Waals surface area (Å²) in [5.41, 5.74) is 9.00. The first-order valence-corrected chi connectivity index (χ1v) is 12.1. The number of nitrogens with zero attached hydrogens (tertiary/aromatic N) is 2. The van der Waals surface area contributed by atoms with Crippen molar-refractivity contribution in [3.8, 4) is 39.3 Å². The molecular weight excluding hydrogens is 431 g/mol. The number of imidazole rings is 1. The highest BCUT2D eigenvalue weighted by Crippen LogP contribution is 2.40. The van der Waals surface area contributed by atoms with E-state index < -0.39 is 0 Å². The molecule has 0 radical (unpaired) electrons. The number of aromatic nitrogens is 2. The van der Waals surface area contributed by atoms with Crippen LogP contribution in [0.2, 0.25) is 0 Å². The van der Waals surface area contributed by atoms with Gasteiger partial charge in [0.2, 0.25) is 0 Å². The Kier molecular flexibility index (Phi) is 6.08. The molecule has 0 spiro atoms. The smallest absolute Gasteiger partial charge is 0.232 e. The van der Waals surface area contributed by atoms with E-state index in [-0.39, 0.29) is 5.82 Å². The summed E-state index contributed by atoms with van der Waals surface area (Å²) < 4.78 is 18.4. The lowest BCUT2D eigenvalue weighted by atomic mass is 9.89. The molecular formula is C32H30FN2+. The molecule has 35 heavy (non-hydrogen) atoms. The lowest BCUT2D eigenvalue weighted by Gasteiger charge is -2.18. The van der Waals surface area contributed by atoms with Gasteiger partial charge in [0, 0.05) is 11.1 Å². The lowest BCUT2D eigenvalue weighted by molar-refractivity contribution is -0.659. The molecule has 0 saturated heterocycles. The van der Waals surface area contributed by atoms with Crippen LogP contribution in [0.3, 0.4) is 0 Å². The number of halogens is 1. The number of hydrogen-bond donors (Lipinski definition) is 0. The first-order valence-electron chi connectivity index (χ1n) is 12.1. The predicted molar refractivity (Wildman–Crippen MR) is 142 cm³/mol. The molecule has 3 heteroatoms. The van der Waals surface area contributed by atoms with Gasteiger partial charge in [-0.15, -0.1) is 0 Å². The van der Waals surface area contributed by atoms with Gasteiger partial charge >= 0.3 is 0 Å². The van der Waals surface area contributed by atoms with Crippen LogP contribution in [-0.4, -0.2) is 4.57 Å². The Morgan fingerprint density at radius 3 is 1.83 bits per heavy atom. The standard InChI is InChI=1S/C32H30FN2/c1-22(2)26-20-29(24-11-7-5-8-12-24)31(30(21-26)25-13-9-6-10-14-25)35-18-17-34(4)32(35)28-16-15-27(33)19-23(28)3/h5-22H,1-4H3/q+1. The molecule has 174 valence electrons. The quantitative estimate of drug-likeness (QED) is 0.235. The molecule has 0 aliphatic rings. The van der Waals surface area contributed by atoms with Crippen molar-refractivity contribution in [1.82, 2.24) is 4.57 Å². The van der Waals surface area contributed by atoms with Gasteiger partial charge in [0.15, 0.2) is 0 Å². The van der Waals surface area contributed by atoms with Gasteiger partial charge < -0.3 is 0 Å². The van der Waals surface area contributed by atoms with Gasteiger partial charge in [0.1, 0.15) is 23.9 Å². The van der Waals surface area contributed by atoms with Crippen molar-refractivity contribution in [2.45, 2.75) is 26.7 Å². The Balaban J connectivity index is 1.90. The van der Waals surface area contributed by atoms with Crippen molar-refractivity contribution >= 4 is 0 Å². The molecule has 0 bridgehead atoms. The monoisotopic (exact) mass is 461 g/mol. The van der Waals surface area contributed by atoms with E-state index >= 15 is 0 Å². The highest BCUT2D eigenvalue weighted by atomic mass is 19.1. The second-order valence-electron chi connectivity index (χ2n) is 9.41. The number of benzene rings is 4. The predicted octanol–water partition coefficient (Wildman–Crippen LogP) is 7.87. The van der Waals surface area contributed by atoms with Gasteiger partial charge in [0.05, 0.1) is 12.6 Å². The fourth-order valence-corrected chi connectivity index (χ4v) is 4.78. The molecule has 1 heterocycles. The van der Waals surface area contributed by atoms with E-state index in [4.69, 9.17) is 0 Å². The molecule has 0 saturated carbocycles. The largest absolute Gasteiger partial charge is 0.294 e. The zero-order valence-electron chi connectivity index (χ0n) is 20.7. The van der Waals surface area contributed by atoms with Crippen LogP contribution in [0.1, 0.15) is 30.9 Å². The van der Waals surface area contributed by atoms with E-state index in [0.29, 0.717) is 5.92 Å². The van der Waals surface area contributed by atoms with Crippen molar-refractivity contribution in [2.75, 3.05) is 0 Å². The topological polar surface area (TPSA) is 8.81 Å². The minimum atomic E-state index is -0.219. The summed E-state index contributed by atoms with van der Waals surface area (Å²) in [5, 5.41) is 0. The Labute approximate surface area is 206 Å². The minimum absolute atomic E-state index is 0.219. The number of hydrogen-bond acceptors (Lipinski definition) is 0. The van der Waals surface area contributed by atoms with Crippen molar-refractivity contribution in [1.29, 1.82) is 0 Å². The van der Waals surface area contributed by atoms with E-state index in [0.717, 1.165) is 22.6 Å². The van der Waals surface area contributed by atoms with Crippen LogP contribution >= 0.6 is 0 Å². The Bertz CT molecular complexity index is 1420. The maximum absolute atomic E-state index is 14.0. The lowest BCUT2D eigenvalue weighted by Crippen LogP contribution is -2.29. The van der Waals surface area contributed by atoms with E-state index in [1.165, 1.54) is 33.9 Å².